The van der Waals surface area contributed by atoms with Crippen LogP contribution in [-0.4, -0.2) is 9.55 Å². The number of rotatable bonds is 2. The number of terminal acetylenes is 1. The maximum Gasteiger partial charge on any atom is 0.267 e. The highest BCUT2D eigenvalue weighted by molar-refractivity contribution is 5.84. The topological polar surface area (TPSA) is 34.9 Å². The summed E-state index contributed by atoms with van der Waals surface area (Å²) in [5.41, 5.74) is 0.721. The van der Waals surface area contributed by atoms with Crippen molar-refractivity contribution in [3.05, 3.63) is 69.8 Å². The Hall–Kier alpha value is -3.00. The zero-order valence-electron chi connectivity index (χ0n) is 12.3. The number of aromatic nitrogens is 2. The van der Waals surface area contributed by atoms with Crippen molar-refractivity contribution in [3.8, 4) is 18.0 Å². The minimum atomic E-state index is -1.03. The predicted molar refractivity (Wildman–Crippen MR) is 84.6 cm³/mol. The van der Waals surface area contributed by atoms with Crippen molar-refractivity contribution in [3.63, 3.8) is 0 Å². The van der Waals surface area contributed by atoms with Crippen LogP contribution in [0.1, 0.15) is 18.3 Å². The second-order valence-corrected chi connectivity index (χ2v) is 4.96. The summed E-state index contributed by atoms with van der Waals surface area (Å²) in [5, 5.41) is 0.289. The Kier molecular flexibility index (Phi) is 3.67. The molecule has 0 spiro atoms. The van der Waals surface area contributed by atoms with E-state index >= 15 is 0 Å². The molecule has 23 heavy (non-hydrogen) atoms. The van der Waals surface area contributed by atoms with Gasteiger partial charge in [0.1, 0.15) is 5.82 Å². The monoisotopic (exact) mass is 310 g/mol. The lowest BCUT2D eigenvalue weighted by Crippen LogP contribution is -2.24. The van der Waals surface area contributed by atoms with Crippen LogP contribution in [0.15, 0.2) is 41.2 Å². The van der Waals surface area contributed by atoms with Gasteiger partial charge in [0.15, 0.2) is 11.6 Å². The Balaban J connectivity index is 2.44. The Bertz CT molecular complexity index is 1020. The van der Waals surface area contributed by atoms with Crippen molar-refractivity contribution in [1.29, 1.82) is 0 Å². The third-order valence-corrected chi connectivity index (χ3v) is 3.60. The van der Waals surface area contributed by atoms with Gasteiger partial charge in [-0.1, -0.05) is 18.9 Å². The summed E-state index contributed by atoms with van der Waals surface area (Å²) in [4.78, 5) is 17.3. The van der Waals surface area contributed by atoms with Gasteiger partial charge in [-0.3, -0.25) is 9.36 Å². The minimum absolute atomic E-state index is 0.215. The van der Waals surface area contributed by atoms with Crippen molar-refractivity contribution in [2.75, 3.05) is 0 Å². The molecule has 0 atom stereocenters. The van der Waals surface area contributed by atoms with Gasteiger partial charge in [0.25, 0.3) is 5.56 Å². The van der Waals surface area contributed by atoms with E-state index in [1.807, 2.05) is 6.92 Å². The van der Waals surface area contributed by atoms with E-state index in [0.717, 1.165) is 12.1 Å². The van der Waals surface area contributed by atoms with E-state index in [9.17, 15) is 13.6 Å². The van der Waals surface area contributed by atoms with E-state index in [-0.39, 0.29) is 11.1 Å². The van der Waals surface area contributed by atoms with Crippen LogP contribution in [0.4, 0.5) is 8.78 Å². The van der Waals surface area contributed by atoms with E-state index in [0.29, 0.717) is 23.3 Å². The smallest absolute Gasteiger partial charge is 0.267 e. The number of hydrogen-bond acceptors (Lipinski definition) is 2. The molecule has 0 fully saturated rings. The molecule has 5 heteroatoms. The number of fused-ring (bicyclic) bond motifs is 1. The van der Waals surface area contributed by atoms with Crippen molar-refractivity contribution in [2.45, 2.75) is 13.3 Å². The fraction of sp³-hybridized carbons (Fsp3) is 0.111. The molecule has 0 amide bonds. The van der Waals surface area contributed by atoms with E-state index in [1.165, 1.54) is 10.6 Å². The van der Waals surface area contributed by atoms with Gasteiger partial charge in [0.2, 0.25) is 0 Å². The first-order valence-corrected chi connectivity index (χ1v) is 7.03. The maximum atomic E-state index is 13.5. The zero-order valence-corrected chi connectivity index (χ0v) is 12.3. The summed E-state index contributed by atoms with van der Waals surface area (Å²) in [5.74, 6) is 0.907. The fourth-order valence-corrected chi connectivity index (χ4v) is 2.52. The van der Waals surface area contributed by atoms with Gasteiger partial charge in [-0.2, -0.15) is 0 Å². The molecule has 0 bridgehead atoms. The highest BCUT2D eigenvalue weighted by Crippen LogP contribution is 2.18. The third kappa shape index (κ3) is 2.38. The summed E-state index contributed by atoms with van der Waals surface area (Å²) in [7, 11) is 0. The summed E-state index contributed by atoms with van der Waals surface area (Å²) >= 11 is 0. The van der Waals surface area contributed by atoms with Gasteiger partial charge in [0, 0.05) is 18.1 Å². The molecular formula is C18H12F2N2O. The Labute approximate surface area is 131 Å². The predicted octanol–water partition coefficient (Wildman–Crippen LogP) is 3.21. The Morgan fingerprint density at radius 3 is 2.65 bits per heavy atom. The van der Waals surface area contributed by atoms with Gasteiger partial charge in [-0.15, -0.1) is 6.42 Å². The van der Waals surface area contributed by atoms with E-state index in [2.05, 4.69) is 10.9 Å². The summed E-state index contributed by atoms with van der Waals surface area (Å²) in [6.45, 7) is 1.83. The summed E-state index contributed by atoms with van der Waals surface area (Å²) < 4.78 is 28.0. The van der Waals surface area contributed by atoms with Gasteiger partial charge in [0.05, 0.1) is 16.6 Å². The normalized spacial score (nSPS) is 10.7. The van der Waals surface area contributed by atoms with Crippen LogP contribution < -0.4 is 5.56 Å². The molecule has 3 nitrogen and oxygen atoms in total. The minimum Gasteiger partial charge on any atom is -0.268 e. The van der Waals surface area contributed by atoms with Crippen LogP contribution in [0.3, 0.4) is 0 Å². The quantitative estimate of drug-likeness (QED) is 0.681. The zero-order chi connectivity index (χ0) is 16.6. The van der Waals surface area contributed by atoms with E-state index in [1.54, 1.807) is 18.2 Å². The van der Waals surface area contributed by atoms with Crippen molar-refractivity contribution in [1.82, 2.24) is 9.55 Å². The molecular weight excluding hydrogens is 298 g/mol. The van der Waals surface area contributed by atoms with Crippen LogP contribution in [0.2, 0.25) is 0 Å². The second-order valence-electron chi connectivity index (χ2n) is 4.96. The second kappa shape index (κ2) is 5.65. The standard InChI is InChI=1S/C18H12F2N2O/c1-3-11-6-5-7-15-17(11)18(23)22(16(4-2)21-15)12-8-9-13(19)14(20)10-12/h1,5-10H,4H2,2H3. The Morgan fingerprint density at radius 1 is 1.22 bits per heavy atom. The highest BCUT2D eigenvalue weighted by atomic mass is 19.2. The largest absolute Gasteiger partial charge is 0.268 e. The highest BCUT2D eigenvalue weighted by Gasteiger charge is 2.15. The SMILES string of the molecule is C#Cc1cccc2nc(CC)n(-c3ccc(F)c(F)c3)c(=O)c12. The molecule has 0 unspecified atom stereocenters. The van der Waals surface area contributed by atoms with Crippen LogP contribution in [-0.2, 0) is 6.42 Å². The number of hydrogen-bond donors (Lipinski definition) is 0. The molecule has 1 heterocycles. The lowest BCUT2D eigenvalue weighted by Gasteiger charge is -2.13. The average molecular weight is 310 g/mol. The van der Waals surface area contributed by atoms with Crippen molar-refractivity contribution in [2.24, 2.45) is 0 Å². The summed E-state index contributed by atoms with van der Waals surface area (Å²) in [6, 6.07) is 8.37. The van der Waals surface area contributed by atoms with Crippen LogP contribution in [0, 0.1) is 24.0 Å². The number of nitrogens with zero attached hydrogens (tertiary/aromatic N) is 2. The van der Waals surface area contributed by atoms with Gasteiger partial charge in [-0.25, -0.2) is 13.8 Å². The molecule has 1 aromatic heterocycles. The van der Waals surface area contributed by atoms with Crippen LogP contribution in [0.5, 0.6) is 0 Å². The number of halogens is 2. The number of benzene rings is 2. The first kappa shape index (κ1) is 14.9. The van der Waals surface area contributed by atoms with Crippen LogP contribution in [0.25, 0.3) is 16.6 Å². The van der Waals surface area contributed by atoms with Gasteiger partial charge < -0.3 is 0 Å². The molecule has 0 radical (unpaired) electrons. The molecule has 0 aliphatic heterocycles. The van der Waals surface area contributed by atoms with Crippen molar-refractivity contribution >= 4 is 10.9 Å². The first-order valence-electron chi connectivity index (χ1n) is 7.03. The first-order chi connectivity index (χ1) is 11.1. The molecule has 0 aliphatic carbocycles. The average Bonchev–Trinajstić information content (AvgIpc) is 2.56. The molecule has 0 N–H and O–H groups in total. The molecule has 2 aromatic carbocycles. The lowest BCUT2D eigenvalue weighted by atomic mass is 10.1. The molecule has 0 saturated heterocycles. The van der Waals surface area contributed by atoms with E-state index < -0.39 is 17.2 Å². The maximum absolute atomic E-state index is 13.5. The fourth-order valence-electron chi connectivity index (χ4n) is 2.52. The van der Waals surface area contributed by atoms with E-state index in [4.69, 9.17) is 6.42 Å². The molecule has 3 rings (SSSR count). The van der Waals surface area contributed by atoms with Gasteiger partial charge >= 0.3 is 0 Å². The molecule has 114 valence electrons. The molecule has 0 saturated carbocycles. The molecule has 3 aromatic rings. The summed E-state index contributed by atoms with van der Waals surface area (Å²) in [6.07, 6.45) is 5.90. The Morgan fingerprint density at radius 2 is 2.00 bits per heavy atom. The third-order valence-electron chi connectivity index (χ3n) is 3.60. The van der Waals surface area contributed by atoms with Crippen LogP contribution >= 0.6 is 0 Å². The van der Waals surface area contributed by atoms with Gasteiger partial charge in [-0.05, 0) is 24.3 Å². The lowest BCUT2D eigenvalue weighted by molar-refractivity contribution is 0.507. The van der Waals surface area contributed by atoms with Crippen molar-refractivity contribution < 1.29 is 8.78 Å². The number of aryl methyl sites for hydroxylation is 1. The molecule has 0 aliphatic rings.